The predicted octanol–water partition coefficient (Wildman–Crippen LogP) is 5.01. The number of fused-ring (bicyclic) bond motifs is 1. The van der Waals surface area contributed by atoms with Crippen LogP contribution < -0.4 is 5.73 Å². The zero-order chi connectivity index (χ0) is 13.4. The van der Waals surface area contributed by atoms with E-state index in [4.69, 9.17) is 10.2 Å². The van der Waals surface area contributed by atoms with E-state index in [2.05, 4.69) is 28.9 Å². The molecule has 0 saturated heterocycles. The smallest absolute Gasteiger partial charge is 0.134 e. The summed E-state index contributed by atoms with van der Waals surface area (Å²) in [7, 11) is 0. The van der Waals surface area contributed by atoms with E-state index in [1.165, 1.54) is 5.56 Å². The van der Waals surface area contributed by atoms with Crippen molar-refractivity contribution in [2.24, 2.45) is 0 Å². The van der Waals surface area contributed by atoms with Gasteiger partial charge in [0, 0.05) is 27.5 Å². The van der Waals surface area contributed by atoms with Crippen molar-refractivity contribution in [2.45, 2.75) is 13.3 Å². The first kappa shape index (κ1) is 12.3. The number of furan rings is 1. The first-order valence-corrected chi connectivity index (χ1v) is 7.05. The van der Waals surface area contributed by atoms with Gasteiger partial charge in [-0.05, 0) is 39.7 Å². The van der Waals surface area contributed by atoms with Gasteiger partial charge in [-0.2, -0.15) is 0 Å². The molecule has 3 rings (SSSR count). The van der Waals surface area contributed by atoms with Crippen LogP contribution in [0.5, 0.6) is 0 Å². The molecule has 2 nitrogen and oxygen atoms in total. The summed E-state index contributed by atoms with van der Waals surface area (Å²) in [5.74, 6) is 1.01. The maximum atomic E-state index is 5.93. The molecule has 0 fully saturated rings. The van der Waals surface area contributed by atoms with Crippen molar-refractivity contribution < 1.29 is 4.42 Å². The third-order valence-corrected chi connectivity index (χ3v) is 3.97. The van der Waals surface area contributed by atoms with Gasteiger partial charge in [-0.3, -0.25) is 0 Å². The van der Waals surface area contributed by atoms with Gasteiger partial charge >= 0.3 is 0 Å². The molecule has 19 heavy (non-hydrogen) atoms. The Bertz CT molecular complexity index is 746. The minimum absolute atomic E-state index is 0.745. The molecular weight excluding hydrogens is 302 g/mol. The van der Waals surface area contributed by atoms with Crippen LogP contribution in [0.25, 0.3) is 22.1 Å². The minimum atomic E-state index is 0.745. The molecule has 1 heterocycles. The molecule has 2 N–H and O–H groups in total. The second-order valence-electron chi connectivity index (χ2n) is 4.49. The third kappa shape index (κ3) is 2.04. The Morgan fingerprint density at radius 1 is 1.16 bits per heavy atom. The van der Waals surface area contributed by atoms with Crippen LogP contribution in [0.15, 0.2) is 51.4 Å². The van der Waals surface area contributed by atoms with Gasteiger partial charge in [-0.15, -0.1) is 0 Å². The first-order valence-electron chi connectivity index (χ1n) is 6.26. The molecule has 96 valence electrons. The molecule has 3 aromatic rings. The lowest BCUT2D eigenvalue weighted by Crippen LogP contribution is -1.88. The summed E-state index contributed by atoms with van der Waals surface area (Å²) >= 11 is 3.49. The molecule has 3 heteroatoms. The molecule has 0 spiro atoms. The highest BCUT2D eigenvalue weighted by molar-refractivity contribution is 9.10. The van der Waals surface area contributed by atoms with E-state index < -0.39 is 0 Å². The number of para-hydroxylation sites is 1. The van der Waals surface area contributed by atoms with E-state index in [0.29, 0.717) is 0 Å². The molecule has 0 atom stereocenters. The van der Waals surface area contributed by atoms with E-state index in [1.807, 2.05) is 36.4 Å². The topological polar surface area (TPSA) is 39.2 Å². The summed E-state index contributed by atoms with van der Waals surface area (Å²) in [6.45, 7) is 2.10. The summed E-state index contributed by atoms with van der Waals surface area (Å²) in [6.07, 6.45) is 0.867. The lowest BCUT2D eigenvalue weighted by Gasteiger charge is -2.05. The molecular formula is C16H14BrNO. The maximum Gasteiger partial charge on any atom is 0.134 e. The highest BCUT2D eigenvalue weighted by Gasteiger charge is 2.14. The average Bonchev–Trinajstić information content (AvgIpc) is 2.80. The largest absolute Gasteiger partial charge is 0.460 e. The maximum absolute atomic E-state index is 5.93. The minimum Gasteiger partial charge on any atom is -0.460 e. The normalized spacial score (nSPS) is 11.1. The molecule has 0 aliphatic rings. The van der Waals surface area contributed by atoms with Crippen molar-refractivity contribution in [1.29, 1.82) is 0 Å². The fraction of sp³-hybridized carbons (Fsp3) is 0.125. The Labute approximate surface area is 120 Å². The fourth-order valence-corrected chi connectivity index (χ4v) is 2.72. The van der Waals surface area contributed by atoms with Crippen molar-refractivity contribution >= 4 is 32.6 Å². The Hall–Kier alpha value is -1.74. The second kappa shape index (κ2) is 4.74. The zero-order valence-electron chi connectivity index (χ0n) is 10.6. The summed E-state index contributed by atoms with van der Waals surface area (Å²) in [4.78, 5) is 0. The molecule has 2 aromatic carbocycles. The van der Waals surface area contributed by atoms with Gasteiger partial charge in [0.1, 0.15) is 11.3 Å². The van der Waals surface area contributed by atoms with Crippen LogP contribution in [0.4, 0.5) is 5.69 Å². The molecule has 0 radical (unpaired) electrons. The van der Waals surface area contributed by atoms with E-state index >= 15 is 0 Å². The molecule has 0 unspecified atom stereocenters. The predicted molar refractivity (Wildman–Crippen MR) is 83.1 cm³/mol. The summed E-state index contributed by atoms with van der Waals surface area (Å²) < 4.78 is 6.84. The Morgan fingerprint density at radius 3 is 2.68 bits per heavy atom. The van der Waals surface area contributed by atoms with Crippen molar-refractivity contribution in [2.75, 3.05) is 5.73 Å². The van der Waals surface area contributed by atoms with Crippen LogP contribution in [-0.2, 0) is 6.42 Å². The fourth-order valence-electron chi connectivity index (χ4n) is 2.34. The van der Waals surface area contributed by atoms with Crippen molar-refractivity contribution in [1.82, 2.24) is 0 Å². The first-order chi connectivity index (χ1) is 9.20. The van der Waals surface area contributed by atoms with E-state index in [0.717, 1.165) is 38.9 Å². The van der Waals surface area contributed by atoms with Crippen LogP contribution in [0.1, 0.15) is 12.7 Å². The number of nitrogens with two attached hydrogens (primary N) is 1. The molecule has 1 aromatic heterocycles. The zero-order valence-corrected chi connectivity index (χ0v) is 12.2. The number of hydrogen-bond donors (Lipinski definition) is 1. The van der Waals surface area contributed by atoms with Gasteiger partial charge in [0.25, 0.3) is 0 Å². The number of aryl methyl sites for hydroxylation is 1. The van der Waals surface area contributed by atoms with Gasteiger partial charge < -0.3 is 10.2 Å². The summed E-state index contributed by atoms with van der Waals surface area (Å²) in [6, 6.07) is 14.1. The number of anilines is 1. The van der Waals surface area contributed by atoms with Crippen molar-refractivity contribution in [3.63, 3.8) is 0 Å². The Balaban J connectivity index is 2.31. The monoisotopic (exact) mass is 315 g/mol. The van der Waals surface area contributed by atoms with Crippen molar-refractivity contribution in [3.05, 3.63) is 52.7 Å². The van der Waals surface area contributed by atoms with Gasteiger partial charge in [0.05, 0.1) is 0 Å². The molecule has 0 amide bonds. The van der Waals surface area contributed by atoms with Gasteiger partial charge in [-0.25, -0.2) is 0 Å². The van der Waals surface area contributed by atoms with Crippen LogP contribution in [0.2, 0.25) is 0 Å². The number of rotatable bonds is 2. The number of hydrogen-bond acceptors (Lipinski definition) is 2. The van der Waals surface area contributed by atoms with Gasteiger partial charge in [0.15, 0.2) is 0 Å². The molecule has 0 aliphatic heterocycles. The number of nitrogen functional groups attached to an aromatic ring is 1. The highest BCUT2D eigenvalue weighted by atomic mass is 79.9. The van der Waals surface area contributed by atoms with Crippen LogP contribution in [0.3, 0.4) is 0 Å². The SMILES string of the molecule is CCc1oc2ccccc2c1-c1ccc(N)c(Br)c1. The lowest BCUT2D eigenvalue weighted by molar-refractivity contribution is 0.558. The average molecular weight is 316 g/mol. The van der Waals surface area contributed by atoms with Crippen LogP contribution in [0, 0.1) is 0 Å². The highest BCUT2D eigenvalue weighted by Crippen LogP contribution is 2.37. The number of halogens is 1. The van der Waals surface area contributed by atoms with E-state index in [9.17, 15) is 0 Å². The third-order valence-electron chi connectivity index (χ3n) is 3.28. The Morgan fingerprint density at radius 2 is 1.95 bits per heavy atom. The number of benzene rings is 2. The molecule has 0 bridgehead atoms. The van der Waals surface area contributed by atoms with Crippen molar-refractivity contribution in [3.8, 4) is 11.1 Å². The molecule has 0 aliphatic carbocycles. The standard InChI is InChI=1S/C16H14BrNO/c1-2-14-16(10-7-8-13(18)12(17)9-10)11-5-3-4-6-15(11)19-14/h3-9H,2,18H2,1H3. The quantitative estimate of drug-likeness (QED) is 0.675. The lowest BCUT2D eigenvalue weighted by atomic mass is 10.0. The van der Waals surface area contributed by atoms with E-state index in [1.54, 1.807) is 0 Å². The summed E-state index contributed by atoms with van der Waals surface area (Å²) in [5.41, 5.74) is 9.83. The van der Waals surface area contributed by atoms with Crippen LogP contribution >= 0.6 is 15.9 Å². The Kier molecular flexibility index (Phi) is 3.07. The van der Waals surface area contributed by atoms with Crippen LogP contribution in [-0.4, -0.2) is 0 Å². The summed E-state index contributed by atoms with van der Waals surface area (Å²) in [5, 5.41) is 1.15. The van der Waals surface area contributed by atoms with Gasteiger partial charge in [-0.1, -0.05) is 31.2 Å². The van der Waals surface area contributed by atoms with E-state index in [-0.39, 0.29) is 0 Å². The molecule has 0 saturated carbocycles. The second-order valence-corrected chi connectivity index (χ2v) is 5.34. The van der Waals surface area contributed by atoms with Gasteiger partial charge in [0.2, 0.25) is 0 Å².